The van der Waals surface area contributed by atoms with Crippen LogP contribution >= 0.6 is 15.9 Å². The fraction of sp³-hybridized carbons (Fsp3) is 0.923. The molecule has 1 saturated carbocycles. The van der Waals surface area contributed by atoms with Gasteiger partial charge < -0.3 is 5.32 Å². The van der Waals surface area contributed by atoms with Crippen LogP contribution in [-0.4, -0.2) is 17.8 Å². The van der Waals surface area contributed by atoms with Crippen LogP contribution in [0.25, 0.3) is 0 Å². The van der Waals surface area contributed by atoms with Crippen molar-refractivity contribution in [2.75, 3.05) is 11.9 Å². The topological polar surface area (TPSA) is 29.1 Å². The normalized spacial score (nSPS) is 19.4. The molecule has 0 saturated heterocycles. The van der Waals surface area contributed by atoms with E-state index in [0.29, 0.717) is 11.8 Å². The minimum absolute atomic E-state index is 0.229. The Hall–Kier alpha value is -0.0500. The van der Waals surface area contributed by atoms with E-state index in [1.807, 2.05) is 0 Å². The van der Waals surface area contributed by atoms with E-state index in [0.717, 1.165) is 24.7 Å². The Balaban J connectivity index is 2.30. The van der Waals surface area contributed by atoms with Crippen molar-refractivity contribution < 1.29 is 4.79 Å². The zero-order valence-electron chi connectivity index (χ0n) is 10.4. The molecule has 0 aromatic heterocycles. The molecule has 1 fully saturated rings. The van der Waals surface area contributed by atoms with Crippen LogP contribution in [-0.2, 0) is 4.79 Å². The van der Waals surface area contributed by atoms with Gasteiger partial charge in [-0.05, 0) is 24.7 Å². The molecule has 0 unspecified atom stereocenters. The summed E-state index contributed by atoms with van der Waals surface area (Å²) in [5.74, 6) is 0.229. The maximum atomic E-state index is 11.6. The highest BCUT2D eigenvalue weighted by Crippen LogP contribution is 2.37. The average Bonchev–Trinajstić information content (AvgIpc) is 2.35. The van der Waals surface area contributed by atoms with E-state index >= 15 is 0 Å². The van der Waals surface area contributed by atoms with Crippen molar-refractivity contribution in [2.24, 2.45) is 5.41 Å². The first-order valence-corrected chi connectivity index (χ1v) is 7.67. The molecule has 0 heterocycles. The van der Waals surface area contributed by atoms with Gasteiger partial charge in [0, 0.05) is 18.3 Å². The molecule has 0 aromatic carbocycles. The Labute approximate surface area is 108 Å². The van der Waals surface area contributed by atoms with Crippen molar-refractivity contribution in [1.29, 1.82) is 0 Å². The summed E-state index contributed by atoms with van der Waals surface area (Å²) < 4.78 is 0. The van der Waals surface area contributed by atoms with Gasteiger partial charge in [0.05, 0.1) is 0 Å². The highest BCUT2D eigenvalue weighted by molar-refractivity contribution is 9.09. The predicted octanol–water partition coefficient (Wildman–Crippen LogP) is 3.64. The van der Waals surface area contributed by atoms with Crippen LogP contribution in [0.3, 0.4) is 0 Å². The van der Waals surface area contributed by atoms with Gasteiger partial charge in [-0.15, -0.1) is 0 Å². The molecule has 0 bridgehead atoms. The Morgan fingerprint density at radius 2 is 2.00 bits per heavy atom. The molecule has 1 aliphatic carbocycles. The molecule has 94 valence electrons. The maximum Gasteiger partial charge on any atom is 0.220 e. The zero-order valence-corrected chi connectivity index (χ0v) is 11.9. The van der Waals surface area contributed by atoms with Crippen LogP contribution in [0.15, 0.2) is 0 Å². The lowest BCUT2D eigenvalue weighted by Gasteiger charge is -2.35. The number of hydrogen-bond acceptors (Lipinski definition) is 1. The van der Waals surface area contributed by atoms with E-state index in [-0.39, 0.29) is 5.91 Å². The highest BCUT2D eigenvalue weighted by Gasteiger charge is 2.31. The molecule has 2 nitrogen and oxygen atoms in total. The molecule has 1 aliphatic rings. The number of unbranched alkanes of at least 4 members (excludes halogenated alkanes) is 1. The fourth-order valence-corrected chi connectivity index (χ4v) is 3.13. The third kappa shape index (κ3) is 4.44. The van der Waals surface area contributed by atoms with Gasteiger partial charge in [0.15, 0.2) is 0 Å². The standard InChI is InChI=1S/C13H24BrNO/c1-2-3-7-12(16)15-11-13(10-14)8-5-4-6-9-13/h2-11H2,1H3,(H,15,16). The first-order chi connectivity index (χ1) is 7.72. The van der Waals surface area contributed by atoms with E-state index in [9.17, 15) is 4.79 Å². The van der Waals surface area contributed by atoms with Crippen LogP contribution in [0.5, 0.6) is 0 Å². The third-order valence-electron chi connectivity index (χ3n) is 3.62. The number of halogens is 1. The number of hydrogen-bond donors (Lipinski definition) is 1. The van der Waals surface area contributed by atoms with Crippen molar-refractivity contribution >= 4 is 21.8 Å². The molecule has 1 amide bonds. The van der Waals surface area contributed by atoms with Crippen molar-refractivity contribution in [1.82, 2.24) is 5.32 Å². The Kier molecular flexibility index (Phi) is 6.40. The number of rotatable bonds is 6. The minimum Gasteiger partial charge on any atom is -0.356 e. The van der Waals surface area contributed by atoms with Gasteiger partial charge in [0.2, 0.25) is 5.91 Å². The monoisotopic (exact) mass is 289 g/mol. The van der Waals surface area contributed by atoms with Crippen LogP contribution in [0.4, 0.5) is 0 Å². The molecular weight excluding hydrogens is 266 g/mol. The molecule has 1 rings (SSSR count). The van der Waals surface area contributed by atoms with Crippen molar-refractivity contribution in [3.63, 3.8) is 0 Å². The van der Waals surface area contributed by atoms with E-state index in [4.69, 9.17) is 0 Å². The van der Waals surface area contributed by atoms with Crippen molar-refractivity contribution in [2.45, 2.75) is 58.3 Å². The quantitative estimate of drug-likeness (QED) is 0.743. The molecule has 16 heavy (non-hydrogen) atoms. The summed E-state index contributed by atoms with van der Waals surface area (Å²) in [4.78, 5) is 11.6. The molecule has 0 atom stereocenters. The Bertz CT molecular complexity index is 212. The fourth-order valence-electron chi connectivity index (χ4n) is 2.37. The Morgan fingerprint density at radius 3 is 2.56 bits per heavy atom. The highest BCUT2D eigenvalue weighted by atomic mass is 79.9. The van der Waals surface area contributed by atoms with E-state index in [2.05, 4.69) is 28.2 Å². The Morgan fingerprint density at radius 1 is 1.31 bits per heavy atom. The lowest BCUT2D eigenvalue weighted by molar-refractivity contribution is -0.121. The molecular formula is C13H24BrNO. The van der Waals surface area contributed by atoms with Gasteiger partial charge in [-0.3, -0.25) is 4.79 Å². The molecule has 0 spiro atoms. The zero-order chi connectivity index (χ0) is 11.9. The number of nitrogens with one attached hydrogen (secondary N) is 1. The lowest BCUT2D eigenvalue weighted by Crippen LogP contribution is -2.40. The largest absolute Gasteiger partial charge is 0.356 e. The SMILES string of the molecule is CCCCC(=O)NCC1(CBr)CCCCC1. The van der Waals surface area contributed by atoms with E-state index in [1.165, 1.54) is 32.1 Å². The summed E-state index contributed by atoms with van der Waals surface area (Å²) in [6.07, 6.45) is 9.29. The first kappa shape index (κ1) is 14.0. The first-order valence-electron chi connectivity index (χ1n) is 6.55. The van der Waals surface area contributed by atoms with Gasteiger partial charge in [-0.25, -0.2) is 0 Å². The lowest BCUT2D eigenvalue weighted by atomic mass is 9.75. The van der Waals surface area contributed by atoms with Gasteiger partial charge in [-0.1, -0.05) is 48.5 Å². The van der Waals surface area contributed by atoms with Crippen LogP contribution < -0.4 is 5.32 Å². The number of amides is 1. The van der Waals surface area contributed by atoms with Gasteiger partial charge in [0.1, 0.15) is 0 Å². The average molecular weight is 290 g/mol. The van der Waals surface area contributed by atoms with Crippen molar-refractivity contribution in [3.8, 4) is 0 Å². The summed E-state index contributed by atoms with van der Waals surface area (Å²) in [5, 5.41) is 4.13. The smallest absolute Gasteiger partial charge is 0.220 e. The van der Waals surface area contributed by atoms with Crippen LogP contribution in [0.1, 0.15) is 58.3 Å². The molecule has 0 radical (unpaired) electrons. The van der Waals surface area contributed by atoms with Crippen LogP contribution in [0, 0.1) is 5.41 Å². The van der Waals surface area contributed by atoms with E-state index < -0.39 is 0 Å². The second-order valence-electron chi connectivity index (χ2n) is 5.07. The third-order valence-corrected chi connectivity index (χ3v) is 4.81. The molecule has 1 N–H and O–H groups in total. The van der Waals surface area contributed by atoms with Crippen molar-refractivity contribution in [3.05, 3.63) is 0 Å². The van der Waals surface area contributed by atoms with E-state index in [1.54, 1.807) is 0 Å². The van der Waals surface area contributed by atoms with Gasteiger partial charge in [0.25, 0.3) is 0 Å². The maximum absolute atomic E-state index is 11.6. The van der Waals surface area contributed by atoms with Gasteiger partial charge in [-0.2, -0.15) is 0 Å². The number of alkyl halides is 1. The van der Waals surface area contributed by atoms with Gasteiger partial charge >= 0.3 is 0 Å². The second-order valence-corrected chi connectivity index (χ2v) is 5.64. The van der Waals surface area contributed by atoms with Crippen LogP contribution in [0.2, 0.25) is 0 Å². The second kappa shape index (κ2) is 7.31. The summed E-state index contributed by atoms with van der Waals surface area (Å²) >= 11 is 3.62. The summed E-state index contributed by atoms with van der Waals surface area (Å²) in [6.45, 7) is 2.98. The molecule has 0 aromatic rings. The summed E-state index contributed by atoms with van der Waals surface area (Å²) in [6, 6.07) is 0. The summed E-state index contributed by atoms with van der Waals surface area (Å²) in [7, 11) is 0. The molecule has 3 heteroatoms. The molecule has 0 aliphatic heterocycles. The predicted molar refractivity (Wildman–Crippen MR) is 71.8 cm³/mol. The minimum atomic E-state index is 0.229. The number of carbonyl (C=O) groups is 1. The summed E-state index contributed by atoms with van der Waals surface area (Å²) in [5.41, 5.74) is 0.333. The number of carbonyl (C=O) groups excluding carboxylic acids is 1.